The summed E-state index contributed by atoms with van der Waals surface area (Å²) in [7, 11) is 0. The molecule has 0 amide bonds. The fourth-order valence-corrected chi connectivity index (χ4v) is 4.17. The van der Waals surface area contributed by atoms with Crippen molar-refractivity contribution in [3.63, 3.8) is 0 Å². The highest BCUT2D eigenvalue weighted by Gasteiger charge is 2.42. The zero-order chi connectivity index (χ0) is 18.9. The fourth-order valence-electron chi connectivity index (χ4n) is 3.58. The van der Waals surface area contributed by atoms with Crippen LogP contribution >= 0.6 is 11.8 Å². The van der Waals surface area contributed by atoms with Gasteiger partial charge in [-0.15, -0.1) is 0 Å². The van der Waals surface area contributed by atoms with Gasteiger partial charge in [0.2, 0.25) is 0 Å². The number of hydrogen-bond acceptors (Lipinski definition) is 5. The van der Waals surface area contributed by atoms with Crippen LogP contribution in [0.2, 0.25) is 0 Å². The lowest BCUT2D eigenvalue weighted by Gasteiger charge is -2.20. The van der Waals surface area contributed by atoms with Gasteiger partial charge in [0, 0.05) is 36.0 Å². The summed E-state index contributed by atoms with van der Waals surface area (Å²) < 4.78 is 39.9. The van der Waals surface area contributed by atoms with Crippen LogP contribution < -0.4 is 11.1 Å². The summed E-state index contributed by atoms with van der Waals surface area (Å²) in [5, 5.41) is 7.95. The van der Waals surface area contributed by atoms with E-state index in [1.165, 1.54) is 12.3 Å². The molecular weight excluding hydrogens is 363 g/mol. The molecule has 1 saturated heterocycles. The maximum Gasteiger partial charge on any atom is 0.446 e. The van der Waals surface area contributed by atoms with Gasteiger partial charge in [0.1, 0.15) is 5.82 Å². The third-order valence-electron chi connectivity index (χ3n) is 4.77. The maximum atomic E-state index is 12.6. The van der Waals surface area contributed by atoms with E-state index in [4.69, 9.17) is 5.73 Å². The molecule has 4 heterocycles. The normalized spacial score (nSPS) is 21.6. The largest absolute Gasteiger partial charge is 0.446 e. The van der Waals surface area contributed by atoms with E-state index in [2.05, 4.69) is 15.4 Å². The average molecular weight is 385 g/mol. The molecule has 2 aromatic rings. The summed E-state index contributed by atoms with van der Waals surface area (Å²) in [5.74, 6) is -0.121. The fraction of sp³-hybridized carbons (Fsp3) is 0.529. The second-order valence-electron chi connectivity index (χ2n) is 6.25. The summed E-state index contributed by atoms with van der Waals surface area (Å²) in [4.78, 5) is 3.81. The van der Waals surface area contributed by atoms with Crippen molar-refractivity contribution in [3.8, 4) is 11.3 Å². The summed E-state index contributed by atoms with van der Waals surface area (Å²) in [6, 6.07) is 3.40. The van der Waals surface area contributed by atoms with Gasteiger partial charge >= 0.3 is 5.51 Å². The molecule has 2 aromatic heterocycles. The zero-order valence-corrected chi connectivity index (χ0v) is 15.5. The Morgan fingerprint density at radius 3 is 2.69 bits per heavy atom. The number of anilines is 1. The number of pyridine rings is 1. The number of nitrogens with two attached hydrogens (primary N) is 1. The van der Waals surface area contributed by atoms with Crippen LogP contribution in [-0.2, 0) is 12.0 Å². The van der Waals surface area contributed by atoms with Gasteiger partial charge in [0.25, 0.3) is 0 Å². The Balaban J connectivity index is 0.000000948. The highest BCUT2D eigenvalue weighted by atomic mass is 32.2. The second kappa shape index (κ2) is 7.11. The molecule has 1 spiro atoms. The molecule has 9 heteroatoms. The summed E-state index contributed by atoms with van der Waals surface area (Å²) >= 11 is -0.246. The van der Waals surface area contributed by atoms with Crippen molar-refractivity contribution in [3.05, 3.63) is 24.0 Å². The summed E-state index contributed by atoms with van der Waals surface area (Å²) in [5.41, 5.74) is 3.64. The smallest absolute Gasteiger partial charge is 0.383 e. The number of nitrogens with one attached hydrogen (secondary N) is 1. The first-order valence-corrected chi connectivity index (χ1v) is 9.49. The number of halogens is 3. The van der Waals surface area contributed by atoms with E-state index < -0.39 is 5.51 Å². The zero-order valence-electron chi connectivity index (χ0n) is 14.7. The molecule has 2 aliphatic rings. The number of nitrogens with zero attached hydrogens (tertiary/aromatic N) is 3. The highest BCUT2D eigenvalue weighted by molar-refractivity contribution is 8.00. The molecule has 0 bridgehead atoms. The first kappa shape index (κ1) is 19.0. The molecule has 0 saturated carbocycles. The molecule has 1 atom stereocenters. The van der Waals surface area contributed by atoms with Gasteiger partial charge < -0.3 is 11.1 Å². The minimum atomic E-state index is -4.40. The third-order valence-corrected chi connectivity index (χ3v) is 5.55. The Hall–Kier alpha value is -1.74. The Morgan fingerprint density at radius 2 is 2.04 bits per heavy atom. The van der Waals surface area contributed by atoms with Gasteiger partial charge in [-0.1, -0.05) is 13.8 Å². The van der Waals surface area contributed by atoms with Crippen molar-refractivity contribution in [2.24, 2.45) is 0 Å². The number of rotatable bonds is 2. The Bertz CT molecular complexity index is 781. The van der Waals surface area contributed by atoms with Crippen molar-refractivity contribution < 1.29 is 13.2 Å². The van der Waals surface area contributed by atoms with Gasteiger partial charge in [0.15, 0.2) is 0 Å². The van der Waals surface area contributed by atoms with E-state index in [0.717, 1.165) is 38.2 Å². The van der Waals surface area contributed by atoms with Crippen LogP contribution in [0.5, 0.6) is 0 Å². The van der Waals surface area contributed by atoms with E-state index in [1.807, 2.05) is 24.6 Å². The number of fused-ring (bicyclic) bond motifs is 2. The number of alkyl halides is 3. The quantitative estimate of drug-likeness (QED) is 0.770. The second-order valence-corrected chi connectivity index (χ2v) is 7.36. The lowest BCUT2D eigenvalue weighted by atomic mass is 9.82. The van der Waals surface area contributed by atoms with Crippen LogP contribution in [0.1, 0.15) is 32.4 Å². The predicted molar refractivity (Wildman–Crippen MR) is 96.9 cm³/mol. The van der Waals surface area contributed by atoms with Crippen LogP contribution in [0.4, 0.5) is 19.0 Å². The van der Waals surface area contributed by atoms with Crippen molar-refractivity contribution in [2.75, 3.05) is 18.8 Å². The Labute approximate surface area is 154 Å². The van der Waals surface area contributed by atoms with Crippen LogP contribution in [0.25, 0.3) is 11.3 Å². The Morgan fingerprint density at radius 1 is 1.27 bits per heavy atom. The van der Waals surface area contributed by atoms with Crippen molar-refractivity contribution in [1.82, 2.24) is 20.1 Å². The van der Waals surface area contributed by atoms with Crippen LogP contribution in [0.3, 0.4) is 0 Å². The molecule has 0 radical (unpaired) electrons. The predicted octanol–water partition coefficient (Wildman–Crippen LogP) is 3.80. The van der Waals surface area contributed by atoms with Crippen molar-refractivity contribution in [2.45, 2.75) is 49.1 Å². The van der Waals surface area contributed by atoms with Gasteiger partial charge in [-0.3, -0.25) is 4.68 Å². The minimum absolute atomic E-state index is 0.0922. The Kier molecular flexibility index (Phi) is 5.21. The summed E-state index contributed by atoms with van der Waals surface area (Å²) in [6.45, 7) is 6.74. The molecule has 1 fully saturated rings. The lowest BCUT2D eigenvalue weighted by molar-refractivity contribution is -0.0328. The number of thioether (sulfide) groups is 1. The highest BCUT2D eigenvalue weighted by Crippen LogP contribution is 2.43. The topological polar surface area (TPSA) is 68.8 Å². The van der Waals surface area contributed by atoms with E-state index in [0.29, 0.717) is 11.3 Å². The average Bonchev–Trinajstić information content (AvgIpc) is 3.29. The van der Waals surface area contributed by atoms with E-state index in [9.17, 15) is 13.2 Å². The first-order valence-electron chi connectivity index (χ1n) is 8.67. The van der Waals surface area contributed by atoms with Crippen LogP contribution in [-0.4, -0.2) is 33.4 Å². The number of aromatic nitrogens is 3. The summed E-state index contributed by atoms with van der Waals surface area (Å²) in [6.07, 6.45) is 3.60. The monoisotopic (exact) mass is 385 g/mol. The van der Waals surface area contributed by atoms with Crippen LogP contribution in [0.15, 0.2) is 23.2 Å². The SMILES string of the molecule is CC.Nc1ncc(-c2cc3n(n2)CCC32CCNC2)cc1SC(F)(F)F. The number of nitrogen functional groups attached to an aromatic ring is 1. The molecular formula is C17H22F3N5S. The first-order chi connectivity index (χ1) is 12.4. The van der Waals surface area contributed by atoms with Crippen molar-refractivity contribution >= 4 is 17.6 Å². The molecule has 142 valence electrons. The lowest BCUT2D eigenvalue weighted by Crippen LogP contribution is -2.25. The number of hydrogen-bond donors (Lipinski definition) is 2. The third kappa shape index (κ3) is 3.55. The van der Waals surface area contributed by atoms with E-state index >= 15 is 0 Å². The number of aryl methyl sites for hydroxylation is 1. The van der Waals surface area contributed by atoms with Gasteiger partial charge in [-0.2, -0.15) is 18.3 Å². The van der Waals surface area contributed by atoms with Crippen LogP contribution in [0, 0.1) is 0 Å². The minimum Gasteiger partial charge on any atom is -0.383 e. The molecule has 0 aliphatic carbocycles. The van der Waals surface area contributed by atoms with Gasteiger partial charge in [-0.05, 0) is 43.3 Å². The molecule has 0 aromatic carbocycles. The maximum absolute atomic E-state index is 12.6. The van der Waals surface area contributed by atoms with E-state index in [1.54, 1.807) is 0 Å². The molecule has 3 N–H and O–H groups in total. The molecule has 2 aliphatic heterocycles. The standard InChI is InChI=1S/C15H16F3N5S.C2H6/c16-15(17,18)24-11-5-9(7-21-13(11)19)10-6-12-14(1-3-20-8-14)2-4-23(12)22-10;1-2/h5-7,20H,1-4,8H2,(H2,19,21);1-2H3. The molecule has 5 nitrogen and oxygen atoms in total. The molecule has 26 heavy (non-hydrogen) atoms. The molecule has 4 rings (SSSR count). The van der Waals surface area contributed by atoms with Gasteiger partial charge in [0.05, 0.1) is 10.6 Å². The van der Waals surface area contributed by atoms with E-state index in [-0.39, 0.29) is 27.9 Å². The van der Waals surface area contributed by atoms with Gasteiger partial charge in [-0.25, -0.2) is 4.98 Å². The molecule has 1 unspecified atom stereocenters. The van der Waals surface area contributed by atoms with Crippen molar-refractivity contribution in [1.29, 1.82) is 0 Å².